The molecule has 4 N–H and O–H groups in total. The van der Waals surface area contributed by atoms with Crippen molar-refractivity contribution in [3.05, 3.63) is 30.5 Å². The largest absolute Gasteiger partial charge is 0.378 e. The number of hydroxylamine groups is 1. The average molecular weight is 454 g/mol. The fourth-order valence-corrected chi connectivity index (χ4v) is 4.83. The first kappa shape index (κ1) is 20.6. The maximum Gasteiger partial charge on any atom is 0.243 e. The minimum absolute atomic E-state index is 0.256. The minimum atomic E-state index is -0.387. The Hall–Kier alpha value is -3.28. The van der Waals surface area contributed by atoms with E-state index in [1.807, 2.05) is 24.3 Å². The molecule has 1 amide bonds. The third-order valence-corrected chi connectivity index (χ3v) is 6.47. The summed E-state index contributed by atoms with van der Waals surface area (Å²) in [6.45, 7) is 3.50. The topological polar surface area (TPSA) is 128 Å². The molecule has 1 aliphatic rings. The van der Waals surface area contributed by atoms with Crippen LogP contribution in [0.25, 0.3) is 32.5 Å². The van der Waals surface area contributed by atoms with Gasteiger partial charge < -0.3 is 15.0 Å². The highest BCUT2D eigenvalue weighted by Gasteiger charge is 2.21. The molecule has 4 aromatic rings. The highest BCUT2D eigenvalue weighted by atomic mass is 32.1. The Morgan fingerprint density at radius 1 is 1.28 bits per heavy atom. The maximum atomic E-state index is 11.2. The Labute approximate surface area is 187 Å². The summed E-state index contributed by atoms with van der Waals surface area (Å²) in [7, 11) is 0. The third-order valence-electron chi connectivity index (χ3n) is 5.39. The van der Waals surface area contributed by atoms with Crippen LogP contribution in [0.2, 0.25) is 0 Å². The van der Waals surface area contributed by atoms with Crippen molar-refractivity contribution in [2.24, 2.45) is 0 Å². The lowest BCUT2D eigenvalue weighted by Crippen LogP contribution is -2.36. The molecular formula is C21H23N7O3S. The highest BCUT2D eigenvalue weighted by Crippen LogP contribution is 2.37. The lowest BCUT2D eigenvalue weighted by Gasteiger charge is -2.28. The first-order chi connectivity index (χ1) is 15.7. The Morgan fingerprint density at radius 2 is 2.16 bits per heavy atom. The second-order valence-electron chi connectivity index (χ2n) is 7.50. The molecule has 0 saturated carbocycles. The van der Waals surface area contributed by atoms with E-state index in [9.17, 15) is 4.79 Å². The number of aromatic nitrogens is 4. The number of benzene rings is 1. The summed E-state index contributed by atoms with van der Waals surface area (Å²) in [5.74, 6) is 1.18. The molecule has 0 spiro atoms. The lowest BCUT2D eigenvalue weighted by molar-refractivity contribution is -0.129. The Bertz CT molecular complexity index is 1250. The number of nitrogens with zero attached hydrogens (tertiary/aromatic N) is 4. The monoisotopic (exact) mass is 453 g/mol. The van der Waals surface area contributed by atoms with E-state index in [0.717, 1.165) is 50.6 Å². The molecule has 0 bridgehead atoms. The Balaban J connectivity index is 1.51. The fraction of sp³-hybridized carbons (Fsp3) is 0.333. The van der Waals surface area contributed by atoms with Gasteiger partial charge in [0.1, 0.15) is 0 Å². The lowest BCUT2D eigenvalue weighted by atomic mass is 10.1. The van der Waals surface area contributed by atoms with Gasteiger partial charge in [0.15, 0.2) is 11.6 Å². The molecule has 0 aliphatic carbocycles. The number of nitrogens with one attached hydrogen (secondary N) is 3. The summed E-state index contributed by atoms with van der Waals surface area (Å²) in [5, 5.41) is 21.1. The quantitative estimate of drug-likeness (QED) is 0.191. The van der Waals surface area contributed by atoms with Gasteiger partial charge in [-0.2, -0.15) is 5.10 Å². The number of hydrogen-bond acceptors (Lipinski definition) is 9. The predicted molar refractivity (Wildman–Crippen MR) is 123 cm³/mol. The molecule has 3 aromatic heterocycles. The minimum Gasteiger partial charge on any atom is -0.378 e. The molecule has 0 radical (unpaired) electrons. The zero-order valence-electron chi connectivity index (χ0n) is 17.3. The fourth-order valence-electron chi connectivity index (χ4n) is 3.79. The summed E-state index contributed by atoms with van der Waals surface area (Å²) in [5.41, 5.74) is 4.41. The van der Waals surface area contributed by atoms with E-state index in [0.29, 0.717) is 32.0 Å². The SMILES string of the molecule is O=C(CCCNc1cc2nc(-c3cccc4[nH]ncc34)nc(N3CCOCC3)c2s1)NO. The van der Waals surface area contributed by atoms with Crippen LogP contribution < -0.4 is 15.7 Å². The zero-order chi connectivity index (χ0) is 21.9. The molecule has 1 aliphatic heterocycles. The number of anilines is 2. The van der Waals surface area contributed by atoms with Gasteiger partial charge in [-0.25, -0.2) is 15.4 Å². The van der Waals surface area contributed by atoms with E-state index in [1.54, 1.807) is 23.0 Å². The van der Waals surface area contributed by atoms with Gasteiger partial charge in [-0.3, -0.25) is 15.1 Å². The second kappa shape index (κ2) is 9.07. The first-order valence-electron chi connectivity index (χ1n) is 10.5. The number of amides is 1. The molecule has 1 saturated heterocycles. The van der Waals surface area contributed by atoms with Crippen molar-refractivity contribution >= 4 is 49.2 Å². The first-order valence-corrected chi connectivity index (χ1v) is 11.3. The van der Waals surface area contributed by atoms with E-state index in [2.05, 4.69) is 20.4 Å². The van der Waals surface area contributed by atoms with Crippen LogP contribution in [-0.4, -0.2) is 64.1 Å². The van der Waals surface area contributed by atoms with E-state index >= 15 is 0 Å². The van der Waals surface area contributed by atoms with Crippen molar-refractivity contribution < 1.29 is 14.7 Å². The molecule has 166 valence electrons. The molecular weight excluding hydrogens is 430 g/mol. The molecule has 1 fully saturated rings. The van der Waals surface area contributed by atoms with Gasteiger partial charge in [0.05, 0.1) is 40.1 Å². The van der Waals surface area contributed by atoms with Crippen LogP contribution >= 0.6 is 11.3 Å². The van der Waals surface area contributed by atoms with Gasteiger partial charge in [0, 0.05) is 37.0 Å². The molecule has 32 heavy (non-hydrogen) atoms. The second-order valence-corrected chi connectivity index (χ2v) is 8.55. The summed E-state index contributed by atoms with van der Waals surface area (Å²) in [6.07, 6.45) is 2.66. The number of fused-ring (bicyclic) bond motifs is 2. The number of aromatic amines is 1. The van der Waals surface area contributed by atoms with Crippen LogP contribution in [0.4, 0.5) is 10.8 Å². The normalized spacial score (nSPS) is 14.2. The van der Waals surface area contributed by atoms with E-state index in [1.165, 1.54) is 0 Å². The van der Waals surface area contributed by atoms with Crippen LogP contribution in [0.5, 0.6) is 0 Å². The van der Waals surface area contributed by atoms with Gasteiger partial charge in [0.2, 0.25) is 5.91 Å². The molecule has 5 rings (SSSR count). The van der Waals surface area contributed by atoms with Crippen molar-refractivity contribution in [1.29, 1.82) is 0 Å². The summed E-state index contributed by atoms with van der Waals surface area (Å²) in [4.78, 5) is 23.3. The standard InChI is InChI=1S/C21H23N7O3S/c29-17(27-30)5-2-6-22-18-11-16-19(32-18)21(28-7-9-31-10-8-28)25-20(24-16)13-3-1-4-15-14(13)12-23-26-15/h1,3-4,11-12,22,30H,2,5-10H2,(H,23,26)(H,27,29). The Morgan fingerprint density at radius 3 is 3.00 bits per heavy atom. The van der Waals surface area contributed by atoms with Crippen molar-refractivity contribution in [3.63, 3.8) is 0 Å². The molecule has 0 atom stereocenters. The number of hydrogen-bond donors (Lipinski definition) is 4. The summed E-state index contributed by atoms with van der Waals surface area (Å²) < 4.78 is 6.56. The van der Waals surface area contributed by atoms with E-state index < -0.39 is 0 Å². The van der Waals surface area contributed by atoms with Gasteiger partial charge in [-0.1, -0.05) is 12.1 Å². The Kier molecular flexibility index (Phi) is 5.84. The molecule has 10 nitrogen and oxygen atoms in total. The predicted octanol–water partition coefficient (Wildman–Crippen LogP) is 2.77. The zero-order valence-corrected chi connectivity index (χ0v) is 18.1. The van der Waals surface area contributed by atoms with Gasteiger partial charge in [-0.15, -0.1) is 11.3 Å². The number of carbonyl (C=O) groups excluding carboxylic acids is 1. The number of morpholine rings is 1. The van der Waals surface area contributed by atoms with Crippen molar-refractivity contribution in [3.8, 4) is 11.4 Å². The maximum absolute atomic E-state index is 11.2. The van der Waals surface area contributed by atoms with Crippen LogP contribution in [0.15, 0.2) is 30.5 Å². The number of ether oxygens (including phenoxy) is 1. The number of thiophene rings is 1. The number of rotatable bonds is 7. The third kappa shape index (κ3) is 4.09. The summed E-state index contributed by atoms with van der Waals surface area (Å²) in [6, 6.07) is 7.99. The highest BCUT2D eigenvalue weighted by molar-refractivity contribution is 7.23. The van der Waals surface area contributed by atoms with E-state index in [-0.39, 0.29) is 12.3 Å². The molecule has 11 heteroatoms. The van der Waals surface area contributed by atoms with Crippen molar-refractivity contribution in [2.45, 2.75) is 12.8 Å². The average Bonchev–Trinajstić information content (AvgIpc) is 3.48. The van der Waals surface area contributed by atoms with E-state index in [4.69, 9.17) is 19.9 Å². The van der Waals surface area contributed by atoms with Crippen LogP contribution in [-0.2, 0) is 9.53 Å². The molecule has 0 unspecified atom stereocenters. The molecule has 1 aromatic carbocycles. The molecule has 4 heterocycles. The van der Waals surface area contributed by atoms with Gasteiger partial charge in [0.25, 0.3) is 0 Å². The van der Waals surface area contributed by atoms with Crippen LogP contribution in [0, 0.1) is 0 Å². The number of carbonyl (C=O) groups is 1. The van der Waals surface area contributed by atoms with Crippen molar-refractivity contribution in [1.82, 2.24) is 25.6 Å². The van der Waals surface area contributed by atoms with Gasteiger partial charge in [-0.05, 0) is 18.6 Å². The van der Waals surface area contributed by atoms with Crippen molar-refractivity contribution in [2.75, 3.05) is 43.1 Å². The summed E-state index contributed by atoms with van der Waals surface area (Å²) >= 11 is 1.60. The smallest absolute Gasteiger partial charge is 0.243 e. The van der Waals surface area contributed by atoms with Crippen LogP contribution in [0.1, 0.15) is 12.8 Å². The van der Waals surface area contributed by atoms with Crippen LogP contribution in [0.3, 0.4) is 0 Å². The number of H-pyrrole nitrogens is 1. The van der Waals surface area contributed by atoms with Gasteiger partial charge >= 0.3 is 0 Å².